The molecule has 3 aromatic rings. The van der Waals surface area contributed by atoms with Gasteiger partial charge in [-0.2, -0.15) is 5.26 Å². The van der Waals surface area contributed by atoms with Crippen LogP contribution in [-0.2, 0) is 6.54 Å². The number of fused-ring (bicyclic) bond motifs is 1. The number of nitrogens with zero attached hydrogens (tertiary/aromatic N) is 3. The third kappa shape index (κ3) is 2.17. The highest BCUT2D eigenvalue weighted by molar-refractivity contribution is 5.74. The first kappa shape index (κ1) is 12.1. The molecule has 0 amide bonds. The van der Waals surface area contributed by atoms with Crippen molar-refractivity contribution in [2.45, 2.75) is 6.54 Å². The van der Waals surface area contributed by atoms with Crippen LogP contribution in [-0.4, -0.2) is 9.55 Å². The molecule has 20 heavy (non-hydrogen) atoms. The van der Waals surface area contributed by atoms with E-state index in [2.05, 4.69) is 11.1 Å². The quantitative estimate of drug-likeness (QED) is 0.711. The molecule has 3 rings (SSSR count). The Balaban J connectivity index is 2.13. The highest BCUT2D eigenvalue weighted by Gasteiger charge is 2.05. The van der Waals surface area contributed by atoms with Crippen molar-refractivity contribution in [2.24, 2.45) is 0 Å². The zero-order chi connectivity index (χ0) is 13.9. The number of aromatic nitrogens is 2. The summed E-state index contributed by atoms with van der Waals surface area (Å²) in [5.41, 5.74) is 2.94. The maximum absolute atomic E-state index is 12.0. The average molecular weight is 261 g/mol. The van der Waals surface area contributed by atoms with Crippen molar-refractivity contribution in [3.8, 4) is 6.07 Å². The molecule has 0 aliphatic carbocycles. The minimum atomic E-state index is -0.147. The van der Waals surface area contributed by atoms with Gasteiger partial charge < -0.3 is 4.57 Å². The molecule has 0 unspecified atom stereocenters. The van der Waals surface area contributed by atoms with Gasteiger partial charge in [0.15, 0.2) is 0 Å². The van der Waals surface area contributed by atoms with E-state index in [-0.39, 0.29) is 5.56 Å². The lowest BCUT2D eigenvalue weighted by molar-refractivity contribution is 0.786. The Labute approximate surface area is 115 Å². The predicted octanol–water partition coefficient (Wildman–Crippen LogP) is 2.32. The molecule has 0 bridgehead atoms. The van der Waals surface area contributed by atoms with Crippen LogP contribution < -0.4 is 5.56 Å². The van der Waals surface area contributed by atoms with E-state index in [4.69, 9.17) is 5.26 Å². The van der Waals surface area contributed by atoms with E-state index in [1.54, 1.807) is 16.7 Å². The van der Waals surface area contributed by atoms with E-state index in [0.717, 1.165) is 16.6 Å². The van der Waals surface area contributed by atoms with Crippen LogP contribution in [0.2, 0.25) is 0 Å². The zero-order valence-electron chi connectivity index (χ0n) is 10.7. The first-order valence-electron chi connectivity index (χ1n) is 6.21. The molecule has 4 nitrogen and oxygen atoms in total. The Morgan fingerprint density at radius 3 is 2.85 bits per heavy atom. The summed E-state index contributed by atoms with van der Waals surface area (Å²) >= 11 is 0. The van der Waals surface area contributed by atoms with Gasteiger partial charge in [0.25, 0.3) is 5.56 Å². The van der Waals surface area contributed by atoms with Gasteiger partial charge in [0.1, 0.15) is 0 Å². The van der Waals surface area contributed by atoms with Crippen LogP contribution in [0.25, 0.3) is 11.0 Å². The summed E-state index contributed by atoms with van der Waals surface area (Å²) in [6.07, 6.45) is 1.33. The van der Waals surface area contributed by atoms with Crippen molar-refractivity contribution in [2.75, 3.05) is 0 Å². The Kier molecular flexibility index (Phi) is 3.02. The summed E-state index contributed by atoms with van der Waals surface area (Å²) in [5, 5.41) is 8.93. The topological polar surface area (TPSA) is 58.7 Å². The molecule has 0 saturated carbocycles. The van der Waals surface area contributed by atoms with E-state index in [1.165, 1.54) is 6.20 Å². The van der Waals surface area contributed by atoms with Gasteiger partial charge in [-0.1, -0.05) is 24.3 Å². The molecule has 96 valence electrons. The number of hydrogen-bond acceptors (Lipinski definition) is 3. The van der Waals surface area contributed by atoms with Crippen molar-refractivity contribution in [3.05, 3.63) is 76.2 Å². The van der Waals surface area contributed by atoms with Gasteiger partial charge in [0.2, 0.25) is 0 Å². The maximum Gasteiger partial charge on any atom is 0.269 e. The number of benzene rings is 2. The SMILES string of the molecule is N#Cc1cccc(Cn2c(=O)cnc3ccccc32)c1. The zero-order valence-corrected chi connectivity index (χ0v) is 10.7. The molecule has 0 aliphatic heterocycles. The number of hydrogen-bond donors (Lipinski definition) is 0. The Bertz CT molecular complexity index is 875. The molecule has 2 aromatic carbocycles. The summed E-state index contributed by atoms with van der Waals surface area (Å²) in [5.74, 6) is 0. The van der Waals surface area contributed by atoms with Crippen molar-refractivity contribution < 1.29 is 0 Å². The lowest BCUT2D eigenvalue weighted by Crippen LogP contribution is -2.21. The van der Waals surface area contributed by atoms with E-state index in [1.807, 2.05) is 36.4 Å². The van der Waals surface area contributed by atoms with Gasteiger partial charge in [-0.15, -0.1) is 0 Å². The number of rotatable bonds is 2. The molecule has 0 atom stereocenters. The molecule has 0 radical (unpaired) electrons. The summed E-state index contributed by atoms with van der Waals surface area (Å²) in [6.45, 7) is 0.428. The van der Waals surface area contributed by atoms with Gasteiger partial charge in [-0.3, -0.25) is 4.79 Å². The average Bonchev–Trinajstić information content (AvgIpc) is 2.50. The van der Waals surface area contributed by atoms with Crippen molar-refractivity contribution in [1.82, 2.24) is 9.55 Å². The second kappa shape index (κ2) is 4.98. The lowest BCUT2D eigenvalue weighted by Gasteiger charge is -2.09. The van der Waals surface area contributed by atoms with E-state index >= 15 is 0 Å². The van der Waals surface area contributed by atoms with Crippen molar-refractivity contribution >= 4 is 11.0 Å². The smallest absolute Gasteiger partial charge is 0.269 e. The highest BCUT2D eigenvalue weighted by atomic mass is 16.1. The summed E-state index contributed by atoms with van der Waals surface area (Å²) in [4.78, 5) is 16.2. The fraction of sp³-hybridized carbons (Fsp3) is 0.0625. The monoisotopic (exact) mass is 261 g/mol. The highest BCUT2D eigenvalue weighted by Crippen LogP contribution is 2.11. The predicted molar refractivity (Wildman–Crippen MR) is 76.3 cm³/mol. The molecule has 0 fully saturated rings. The van der Waals surface area contributed by atoms with Crippen molar-refractivity contribution in [1.29, 1.82) is 5.26 Å². The van der Waals surface area contributed by atoms with Gasteiger partial charge >= 0.3 is 0 Å². The first-order chi connectivity index (χ1) is 9.78. The first-order valence-corrected chi connectivity index (χ1v) is 6.21. The third-order valence-corrected chi connectivity index (χ3v) is 3.15. The fourth-order valence-electron chi connectivity index (χ4n) is 2.20. The Hall–Kier alpha value is -2.93. The van der Waals surface area contributed by atoms with Crippen LogP contribution in [0.5, 0.6) is 0 Å². The maximum atomic E-state index is 12.0. The molecule has 0 saturated heterocycles. The van der Waals surface area contributed by atoms with Gasteiger partial charge in [-0.25, -0.2) is 4.98 Å². The fourth-order valence-corrected chi connectivity index (χ4v) is 2.20. The largest absolute Gasteiger partial charge is 0.301 e. The molecule has 1 aromatic heterocycles. The molecule has 1 heterocycles. The normalized spacial score (nSPS) is 10.3. The second-order valence-corrected chi connectivity index (χ2v) is 4.48. The molecule has 4 heteroatoms. The molecule has 0 N–H and O–H groups in total. The molecular weight excluding hydrogens is 250 g/mol. The van der Waals surface area contributed by atoms with Gasteiger partial charge in [0, 0.05) is 0 Å². The minimum absolute atomic E-state index is 0.147. The number of nitriles is 1. The Morgan fingerprint density at radius 2 is 2.00 bits per heavy atom. The lowest BCUT2D eigenvalue weighted by atomic mass is 10.1. The van der Waals surface area contributed by atoms with Gasteiger partial charge in [0.05, 0.1) is 35.4 Å². The van der Waals surface area contributed by atoms with E-state index in [0.29, 0.717) is 12.1 Å². The molecule has 0 spiro atoms. The van der Waals surface area contributed by atoms with Crippen LogP contribution in [0.15, 0.2) is 59.5 Å². The van der Waals surface area contributed by atoms with Gasteiger partial charge in [-0.05, 0) is 29.8 Å². The standard InChI is InChI=1S/C16H11N3O/c17-9-12-4-3-5-13(8-12)11-19-15-7-2-1-6-14(15)18-10-16(19)20/h1-8,10H,11H2. The van der Waals surface area contributed by atoms with Crippen molar-refractivity contribution in [3.63, 3.8) is 0 Å². The van der Waals surface area contributed by atoms with E-state index < -0.39 is 0 Å². The van der Waals surface area contributed by atoms with Crippen LogP contribution in [0.3, 0.4) is 0 Å². The summed E-state index contributed by atoms with van der Waals surface area (Å²) in [6, 6.07) is 16.9. The van der Waals surface area contributed by atoms with Crippen LogP contribution in [0.1, 0.15) is 11.1 Å². The molecular formula is C16H11N3O. The third-order valence-electron chi connectivity index (χ3n) is 3.15. The van der Waals surface area contributed by atoms with E-state index in [9.17, 15) is 4.79 Å². The minimum Gasteiger partial charge on any atom is -0.301 e. The summed E-state index contributed by atoms with van der Waals surface area (Å²) < 4.78 is 1.67. The van der Waals surface area contributed by atoms with Crippen LogP contribution in [0.4, 0.5) is 0 Å². The second-order valence-electron chi connectivity index (χ2n) is 4.48. The molecule has 0 aliphatic rings. The van der Waals surface area contributed by atoms with Crippen LogP contribution >= 0.6 is 0 Å². The summed E-state index contributed by atoms with van der Waals surface area (Å²) in [7, 11) is 0. The Morgan fingerprint density at radius 1 is 1.15 bits per heavy atom. The number of para-hydroxylation sites is 2. The van der Waals surface area contributed by atoms with Crippen LogP contribution in [0, 0.1) is 11.3 Å².